The minimum Gasteiger partial charge on any atom is -0.497 e. The average Bonchev–Trinajstić information content (AvgIpc) is 2.61. The van der Waals surface area contributed by atoms with Gasteiger partial charge in [-0.25, -0.2) is 0 Å². The Hall–Kier alpha value is -1.40. The predicted octanol–water partition coefficient (Wildman–Crippen LogP) is 3.58. The highest BCUT2D eigenvalue weighted by Crippen LogP contribution is 2.31. The summed E-state index contributed by atoms with van der Waals surface area (Å²) in [5, 5.41) is 0. The van der Waals surface area contributed by atoms with E-state index in [0.717, 1.165) is 0 Å². The zero-order chi connectivity index (χ0) is 17.6. The van der Waals surface area contributed by atoms with Gasteiger partial charge in [-0.15, -0.1) is 0 Å². The summed E-state index contributed by atoms with van der Waals surface area (Å²) in [6.07, 6.45) is 6.44. The van der Waals surface area contributed by atoms with Gasteiger partial charge in [0.1, 0.15) is 12.4 Å². The second-order valence-electron chi connectivity index (χ2n) is 6.51. The van der Waals surface area contributed by atoms with Gasteiger partial charge in [-0.05, 0) is 36.1 Å². The summed E-state index contributed by atoms with van der Waals surface area (Å²) in [5.74, 6) is 1.25. The molecule has 0 amide bonds. The maximum atomic E-state index is 12.1. The van der Waals surface area contributed by atoms with Gasteiger partial charge in [-0.2, -0.15) is 8.42 Å². The molecule has 1 aromatic carbocycles. The number of hydrogen-bond acceptors (Lipinski definition) is 5. The van der Waals surface area contributed by atoms with Crippen molar-refractivity contribution in [3.8, 4) is 5.75 Å². The monoisotopic (exact) mass is 354 g/mol. The van der Waals surface area contributed by atoms with E-state index in [9.17, 15) is 13.2 Å². The van der Waals surface area contributed by atoms with Crippen LogP contribution in [0.15, 0.2) is 29.2 Å². The highest BCUT2D eigenvalue weighted by Gasteiger charge is 2.23. The van der Waals surface area contributed by atoms with Crippen molar-refractivity contribution in [2.75, 3.05) is 13.7 Å². The maximum Gasteiger partial charge on any atom is 0.297 e. The van der Waals surface area contributed by atoms with Gasteiger partial charge in [-0.1, -0.05) is 39.0 Å². The number of ketones is 1. The molecule has 0 aromatic heterocycles. The summed E-state index contributed by atoms with van der Waals surface area (Å²) in [4.78, 5) is 12.1. The van der Waals surface area contributed by atoms with Crippen molar-refractivity contribution in [3.63, 3.8) is 0 Å². The number of hydrogen-bond donors (Lipinski definition) is 0. The number of rotatable bonds is 8. The van der Waals surface area contributed by atoms with Crippen LogP contribution in [0.1, 0.15) is 45.4 Å². The lowest BCUT2D eigenvalue weighted by Gasteiger charge is -2.27. The van der Waals surface area contributed by atoms with Crippen molar-refractivity contribution in [2.24, 2.45) is 11.8 Å². The van der Waals surface area contributed by atoms with E-state index in [-0.39, 0.29) is 16.6 Å². The molecule has 1 saturated carbocycles. The van der Waals surface area contributed by atoms with E-state index in [1.54, 1.807) is 12.1 Å². The van der Waals surface area contributed by atoms with Crippen molar-refractivity contribution in [3.05, 3.63) is 24.3 Å². The van der Waals surface area contributed by atoms with E-state index in [0.29, 0.717) is 18.1 Å². The second-order valence-corrected chi connectivity index (χ2v) is 8.13. The highest BCUT2D eigenvalue weighted by atomic mass is 32.2. The van der Waals surface area contributed by atoms with E-state index in [2.05, 4.69) is 6.92 Å². The molecule has 1 aliphatic rings. The summed E-state index contributed by atoms with van der Waals surface area (Å²) in [7, 11) is -2.41. The van der Waals surface area contributed by atoms with Gasteiger partial charge in [0.25, 0.3) is 10.1 Å². The molecule has 1 unspecified atom stereocenters. The quantitative estimate of drug-likeness (QED) is 0.668. The maximum absolute atomic E-state index is 12.1. The molecule has 1 fully saturated rings. The molecule has 0 bridgehead atoms. The number of Topliss-reactive ketones (excluding diaryl/α,β-unsaturated/α-hetero) is 1. The molecule has 6 heteroatoms. The third-order valence-corrected chi connectivity index (χ3v) is 6.01. The van der Waals surface area contributed by atoms with Crippen LogP contribution in [0.4, 0.5) is 0 Å². The van der Waals surface area contributed by atoms with E-state index >= 15 is 0 Å². The third kappa shape index (κ3) is 5.31. The standard InChI is InChI=1S/C18H26O5S/c1-14(15-6-4-3-5-7-15)12-16(19)13-23-24(20,21)18-10-8-17(22-2)9-11-18/h8-11,14-15H,3-7,12-13H2,1-2H3. The molecule has 134 valence electrons. The lowest BCUT2D eigenvalue weighted by atomic mass is 9.79. The fourth-order valence-electron chi connectivity index (χ4n) is 3.24. The molecule has 0 radical (unpaired) electrons. The smallest absolute Gasteiger partial charge is 0.297 e. The van der Waals surface area contributed by atoms with Crippen LogP contribution >= 0.6 is 0 Å². The number of benzene rings is 1. The number of carbonyl (C=O) groups excluding carboxylic acids is 1. The minimum atomic E-state index is -3.92. The predicted molar refractivity (Wildman–Crippen MR) is 91.5 cm³/mol. The first-order chi connectivity index (χ1) is 11.4. The van der Waals surface area contributed by atoms with Gasteiger partial charge in [0.2, 0.25) is 0 Å². The second kappa shape index (κ2) is 8.62. The Kier molecular flexibility index (Phi) is 6.80. The largest absolute Gasteiger partial charge is 0.497 e. The molecule has 24 heavy (non-hydrogen) atoms. The van der Waals surface area contributed by atoms with Crippen LogP contribution in [0.25, 0.3) is 0 Å². The van der Waals surface area contributed by atoms with Crippen molar-refractivity contribution >= 4 is 15.9 Å². The molecular weight excluding hydrogens is 328 g/mol. The molecule has 1 atom stereocenters. The van der Waals surface area contributed by atoms with E-state index in [1.807, 2.05) is 0 Å². The number of ether oxygens (including phenoxy) is 1. The zero-order valence-electron chi connectivity index (χ0n) is 14.4. The Labute approximate surface area is 144 Å². The highest BCUT2D eigenvalue weighted by molar-refractivity contribution is 7.86. The molecule has 0 spiro atoms. The van der Waals surface area contributed by atoms with Crippen molar-refractivity contribution < 1.29 is 22.1 Å². The van der Waals surface area contributed by atoms with Gasteiger partial charge in [0, 0.05) is 6.42 Å². The molecule has 0 N–H and O–H groups in total. The van der Waals surface area contributed by atoms with Crippen LogP contribution < -0.4 is 4.74 Å². The summed E-state index contributed by atoms with van der Waals surface area (Å²) in [6, 6.07) is 5.90. The zero-order valence-corrected chi connectivity index (χ0v) is 15.2. The first-order valence-corrected chi connectivity index (χ1v) is 9.88. The van der Waals surface area contributed by atoms with Gasteiger partial charge in [0.05, 0.1) is 12.0 Å². The van der Waals surface area contributed by atoms with Crippen molar-refractivity contribution in [2.45, 2.75) is 50.3 Å². The van der Waals surface area contributed by atoms with Gasteiger partial charge < -0.3 is 4.74 Å². The third-order valence-electron chi connectivity index (χ3n) is 4.73. The minimum absolute atomic E-state index is 0.0245. The van der Waals surface area contributed by atoms with Crippen molar-refractivity contribution in [1.29, 1.82) is 0 Å². The van der Waals surface area contributed by atoms with Crippen LogP contribution in [-0.4, -0.2) is 27.9 Å². The molecule has 0 heterocycles. The van der Waals surface area contributed by atoms with E-state index < -0.39 is 16.7 Å². The lowest BCUT2D eigenvalue weighted by Crippen LogP contribution is -2.21. The fourth-order valence-corrected chi connectivity index (χ4v) is 4.13. The molecule has 0 aliphatic heterocycles. The fraction of sp³-hybridized carbons (Fsp3) is 0.611. The van der Waals surface area contributed by atoms with E-state index in [4.69, 9.17) is 8.92 Å². The van der Waals surface area contributed by atoms with Crippen molar-refractivity contribution in [1.82, 2.24) is 0 Å². The molecule has 1 aromatic rings. The van der Waals surface area contributed by atoms with Crippen LogP contribution in [0, 0.1) is 11.8 Å². The molecule has 2 rings (SSSR count). The molecule has 0 saturated heterocycles. The number of methoxy groups -OCH3 is 1. The Morgan fingerprint density at radius 2 is 1.79 bits per heavy atom. The summed E-state index contributed by atoms with van der Waals surface area (Å²) in [6.45, 7) is 1.68. The first-order valence-electron chi connectivity index (χ1n) is 8.47. The summed E-state index contributed by atoms with van der Waals surface area (Å²) in [5.41, 5.74) is 0. The van der Waals surface area contributed by atoms with Gasteiger partial charge in [0.15, 0.2) is 5.78 Å². The van der Waals surface area contributed by atoms with Crippen LogP contribution in [-0.2, 0) is 19.1 Å². The summed E-state index contributed by atoms with van der Waals surface area (Å²) < 4.78 is 34.1. The summed E-state index contributed by atoms with van der Waals surface area (Å²) >= 11 is 0. The SMILES string of the molecule is COc1ccc(S(=O)(=O)OCC(=O)CC(C)C2CCCCC2)cc1. The molecular formula is C18H26O5S. The average molecular weight is 354 g/mol. The topological polar surface area (TPSA) is 69.7 Å². The molecule has 5 nitrogen and oxygen atoms in total. The van der Waals surface area contributed by atoms with Gasteiger partial charge >= 0.3 is 0 Å². The van der Waals surface area contributed by atoms with Crippen LogP contribution in [0.3, 0.4) is 0 Å². The Morgan fingerprint density at radius 3 is 2.38 bits per heavy atom. The lowest BCUT2D eigenvalue weighted by molar-refractivity contribution is -0.122. The normalized spacial score (nSPS) is 17.4. The molecule has 1 aliphatic carbocycles. The Bertz CT molecular complexity index is 630. The first kappa shape index (κ1) is 18.9. The number of carbonyl (C=O) groups is 1. The van der Waals surface area contributed by atoms with Crippen LogP contribution in [0.2, 0.25) is 0 Å². The Morgan fingerprint density at radius 1 is 1.17 bits per heavy atom. The van der Waals surface area contributed by atoms with E-state index in [1.165, 1.54) is 51.3 Å². The Balaban J connectivity index is 1.85. The van der Waals surface area contributed by atoms with Crippen LogP contribution in [0.5, 0.6) is 5.75 Å². The van der Waals surface area contributed by atoms with Gasteiger partial charge in [-0.3, -0.25) is 8.98 Å².